The van der Waals surface area contributed by atoms with Crippen LogP contribution in [0.25, 0.3) is 0 Å². The van der Waals surface area contributed by atoms with Crippen molar-refractivity contribution in [2.45, 2.75) is 39.0 Å². The van der Waals surface area contributed by atoms with Crippen molar-refractivity contribution in [3.63, 3.8) is 0 Å². The summed E-state index contributed by atoms with van der Waals surface area (Å²) in [6, 6.07) is 0. The van der Waals surface area contributed by atoms with Crippen molar-refractivity contribution >= 4 is 0 Å². The number of hydrogen-bond donors (Lipinski definition) is 1. The van der Waals surface area contributed by atoms with Crippen molar-refractivity contribution in [1.29, 1.82) is 0 Å². The number of aliphatic hydroxyl groups is 1. The van der Waals surface area contributed by atoms with E-state index in [0.717, 1.165) is 0 Å². The fourth-order valence-corrected chi connectivity index (χ4v) is 1.54. The third-order valence-electron chi connectivity index (χ3n) is 2.65. The molecule has 2 rings (SSSR count). The van der Waals surface area contributed by atoms with Crippen molar-refractivity contribution in [3.8, 4) is 0 Å². The predicted molar refractivity (Wildman–Crippen MR) is 45.0 cm³/mol. The fraction of sp³-hybridized carbons (Fsp3) is 1.00. The monoisotopic (exact) mass is 188 g/mol. The number of ether oxygens (including phenoxy) is 3. The Morgan fingerprint density at radius 1 is 1.15 bits per heavy atom. The standard InChI is InChI=1S/C9H16O4/c1-8(2)11-4-9(3,5-12-8)6-7(10)13-6/h6-7,10H,4-5H2,1-3H3. The molecule has 2 fully saturated rings. The Morgan fingerprint density at radius 2 is 1.62 bits per heavy atom. The first-order chi connectivity index (χ1) is 5.93. The molecule has 2 heterocycles. The minimum atomic E-state index is -0.626. The summed E-state index contributed by atoms with van der Waals surface area (Å²) in [6.45, 7) is 6.92. The quantitative estimate of drug-likeness (QED) is 0.608. The Bertz CT molecular complexity index is 204. The van der Waals surface area contributed by atoms with E-state index in [1.54, 1.807) is 0 Å². The van der Waals surface area contributed by atoms with Crippen LogP contribution in [0.3, 0.4) is 0 Å². The molecule has 0 aliphatic carbocycles. The molecule has 76 valence electrons. The Balaban J connectivity index is 1.96. The first kappa shape index (κ1) is 9.40. The van der Waals surface area contributed by atoms with Gasteiger partial charge in [-0.1, -0.05) is 6.92 Å². The Labute approximate surface area is 77.8 Å². The summed E-state index contributed by atoms with van der Waals surface area (Å²) in [5, 5.41) is 9.14. The van der Waals surface area contributed by atoms with E-state index in [9.17, 15) is 0 Å². The van der Waals surface area contributed by atoms with Crippen LogP contribution in [0.15, 0.2) is 0 Å². The number of hydrogen-bond acceptors (Lipinski definition) is 4. The van der Waals surface area contributed by atoms with Gasteiger partial charge in [-0.15, -0.1) is 0 Å². The number of epoxide rings is 1. The summed E-state index contributed by atoms with van der Waals surface area (Å²) in [7, 11) is 0. The molecule has 2 aliphatic rings. The molecule has 0 spiro atoms. The van der Waals surface area contributed by atoms with Gasteiger partial charge < -0.3 is 19.3 Å². The molecule has 2 aliphatic heterocycles. The van der Waals surface area contributed by atoms with Gasteiger partial charge in [0.05, 0.1) is 13.2 Å². The Kier molecular flexibility index (Phi) is 1.93. The summed E-state index contributed by atoms with van der Waals surface area (Å²) in [6.07, 6.45) is -0.748. The molecule has 4 heteroatoms. The third-order valence-corrected chi connectivity index (χ3v) is 2.65. The molecule has 0 aromatic carbocycles. The van der Waals surface area contributed by atoms with Gasteiger partial charge in [-0.05, 0) is 13.8 Å². The smallest absolute Gasteiger partial charge is 0.182 e. The maximum atomic E-state index is 9.14. The van der Waals surface area contributed by atoms with E-state index in [1.807, 2.05) is 20.8 Å². The molecule has 0 saturated carbocycles. The van der Waals surface area contributed by atoms with Crippen LogP contribution in [0.2, 0.25) is 0 Å². The molecule has 0 amide bonds. The highest BCUT2D eigenvalue weighted by atomic mass is 16.7. The van der Waals surface area contributed by atoms with E-state index in [0.29, 0.717) is 13.2 Å². The van der Waals surface area contributed by atoms with Gasteiger partial charge in [0.15, 0.2) is 12.1 Å². The summed E-state index contributed by atoms with van der Waals surface area (Å²) in [5.74, 6) is -0.501. The molecule has 0 radical (unpaired) electrons. The highest BCUT2D eigenvalue weighted by molar-refractivity contribution is 4.95. The molecule has 0 aromatic heterocycles. The normalized spacial score (nSPS) is 41.5. The highest BCUT2D eigenvalue weighted by Crippen LogP contribution is 2.41. The largest absolute Gasteiger partial charge is 0.366 e. The van der Waals surface area contributed by atoms with Crippen molar-refractivity contribution < 1.29 is 19.3 Å². The lowest BCUT2D eigenvalue weighted by atomic mass is 9.87. The summed E-state index contributed by atoms with van der Waals surface area (Å²) < 4.78 is 16.1. The van der Waals surface area contributed by atoms with Gasteiger partial charge in [-0.25, -0.2) is 0 Å². The van der Waals surface area contributed by atoms with Gasteiger partial charge in [0, 0.05) is 5.41 Å². The molecule has 0 aromatic rings. The minimum Gasteiger partial charge on any atom is -0.366 e. The summed E-state index contributed by atoms with van der Waals surface area (Å²) in [5.41, 5.74) is -0.199. The van der Waals surface area contributed by atoms with Gasteiger partial charge in [-0.3, -0.25) is 0 Å². The van der Waals surface area contributed by atoms with Crippen LogP contribution in [0, 0.1) is 5.41 Å². The molecule has 4 nitrogen and oxygen atoms in total. The van der Waals surface area contributed by atoms with Crippen LogP contribution in [0.5, 0.6) is 0 Å². The minimum absolute atomic E-state index is 0.122. The second-order valence-corrected chi connectivity index (χ2v) is 4.58. The lowest BCUT2D eigenvalue weighted by Crippen LogP contribution is -2.48. The second kappa shape index (κ2) is 2.67. The number of aliphatic hydroxyl groups excluding tert-OH is 1. The maximum Gasteiger partial charge on any atom is 0.182 e. The van der Waals surface area contributed by atoms with Crippen LogP contribution in [-0.2, 0) is 14.2 Å². The Hall–Kier alpha value is -0.160. The van der Waals surface area contributed by atoms with E-state index in [2.05, 4.69) is 0 Å². The number of rotatable bonds is 1. The van der Waals surface area contributed by atoms with Crippen molar-refractivity contribution in [2.24, 2.45) is 5.41 Å². The second-order valence-electron chi connectivity index (χ2n) is 4.58. The molecule has 2 atom stereocenters. The fourth-order valence-electron chi connectivity index (χ4n) is 1.54. The third kappa shape index (κ3) is 1.72. The molecule has 2 unspecified atom stereocenters. The summed E-state index contributed by atoms with van der Waals surface area (Å²) >= 11 is 0. The zero-order valence-electron chi connectivity index (χ0n) is 8.24. The topological polar surface area (TPSA) is 51.2 Å². The van der Waals surface area contributed by atoms with Gasteiger partial charge >= 0.3 is 0 Å². The summed E-state index contributed by atoms with van der Waals surface area (Å²) in [4.78, 5) is 0. The highest BCUT2D eigenvalue weighted by Gasteiger charge is 2.54. The van der Waals surface area contributed by atoms with Crippen LogP contribution >= 0.6 is 0 Å². The van der Waals surface area contributed by atoms with Crippen LogP contribution < -0.4 is 0 Å². The van der Waals surface area contributed by atoms with E-state index < -0.39 is 12.1 Å². The van der Waals surface area contributed by atoms with Gasteiger partial charge in [0.2, 0.25) is 0 Å². The SMILES string of the molecule is CC1(C)OCC(C)(C2OC2O)CO1. The maximum absolute atomic E-state index is 9.14. The zero-order chi connectivity index (χ0) is 9.69. The molecular formula is C9H16O4. The van der Waals surface area contributed by atoms with Gasteiger partial charge in [0.25, 0.3) is 0 Å². The van der Waals surface area contributed by atoms with Gasteiger partial charge in [0.1, 0.15) is 6.10 Å². The average molecular weight is 188 g/mol. The Morgan fingerprint density at radius 3 is 2.00 bits per heavy atom. The first-order valence-electron chi connectivity index (χ1n) is 4.54. The van der Waals surface area contributed by atoms with Crippen LogP contribution in [-0.4, -0.2) is 36.5 Å². The van der Waals surface area contributed by atoms with Gasteiger partial charge in [-0.2, -0.15) is 0 Å². The molecule has 1 N–H and O–H groups in total. The average Bonchev–Trinajstić information content (AvgIpc) is 2.75. The van der Waals surface area contributed by atoms with Crippen LogP contribution in [0.4, 0.5) is 0 Å². The van der Waals surface area contributed by atoms with Crippen molar-refractivity contribution in [3.05, 3.63) is 0 Å². The van der Waals surface area contributed by atoms with Crippen LogP contribution in [0.1, 0.15) is 20.8 Å². The van der Waals surface area contributed by atoms with E-state index in [1.165, 1.54) is 0 Å². The zero-order valence-corrected chi connectivity index (χ0v) is 8.24. The predicted octanol–water partition coefficient (Wildman–Crippen LogP) is 0.493. The molecule has 0 bridgehead atoms. The molecule has 13 heavy (non-hydrogen) atoms. The lowest BCUT2D eigenvalue weighted by molar-refractivity contribution is -0.285. The van der Waals surface area contributed by atoms with E-state index in [-0.39, 0.29) is 11.5 Å². The van der Waals surface area contributed by atoms with E-state index in [4.69, 9.17) is 19.3 Å². The van der Waals surface area contributed by atoms with E-state index >= 15 is 0 Å². The first-order valence-corrected chi connectivity index (χ1v) is 4.54. The molecular weight excluding hydrogens is 172 g/mol. The lowest BCUT2D eigenvalue weighted by Gasteiger charge is -2.40. The van der Waals surface area contributed by atoms with Crippen molar-refractivity contribution in [2.75, 3.05) is 13.2 Å². The molecule has 2 saturated heterocycles. The van der Waals surface area contributed by atoms with Crippen molar-refractivity contribution in [1.82, 2.24) is 0 Å².